The van der Waals surface area contributed by atoms with Gasteiger partial charge in [-0.25, -0.2) is 4.68 Å². The Morgan fingerprint density at radius 1 is 1.10 bits per heavy atom. The van der Waals surface area contributed by atoms with Gasteiger partial charge in [0.15, 0.2) is 5.69 Å². The van der Waals surface area contributed by atoms with E-state index in [1.54, 1.807) is 16.9 Å². The highest BCUT2D eigenvalue weighted by Gasteiger charge is 2.22. The second kappa shape index (κ2) is 5.57. The lowest BCUT2D eigenvalue weighted by Crippen LogP contribution is -2.47. The number of nitrogens with zero attached hydrogens (tertiary/aromatic N) is 4. The van der Waals surface area contributed by atoms with E-state index in [0.29, 0.717) is 11.4 Å². The van der Waals surface area contributed by atoms with E-state index in [9.17, 15) is 4.79 Å². The molecule has 1 fully saturated rings. The Kier molecular flexibility index (Phi) is 3.62. The van der Waals surface area contributed by atoms with E-state index in [0.717, 1.165) is 31.9 Å². The molecular weight excluding hydrogens is 266 g/mol. The number of nitrogen functional groups attached to an aromatic ring is 1. The third-order valence-corrected chi connectivity index (χ3v) is 3.76. The summed E-state index contributed by atoms with van der Waals surface area (Å²) in [6.07, 6.45) is 1.80. The van der Waals surface area contributed by atoms with Crippen LogP contribution in [0, 0.1) is 0 Å². The first-order valence-electron chi connectivity index (χ1n) is 7.03. The molecular formula is C15H19N5O. The first-order valence-corrected chi connectivity index (χ1v) is 7.03. The molecule has 6 nitrogen and oxygen atoms in total. The summed E-state index contributed by atoms with van der Waals surface area (Å²) >= 11 is 0. The molecule has 2 N–H and O–H groups in total. The summed E-state index contributed by atoms with van der Waals surface area (Å²) in [4.78, 5) is 16.5. The van der Waals surface area contributed by atoms with Gasteiger partial charge in [-0.3, -0.25) is 4.79 Å². The number of hydrogen-bond donors (Lipinski definition) is 1. The number of piperazine rings is 1. The van der Waals surface area contributed by atoms with E-state index in [4.69, 9.17) is 5.73 Å². The molecule has 0 spiro atoms. The highest BCUT2D eigenvalue weighted by Crippen LogP contribution is 2.12. The van der Waals surface area contributed by atoms with Gasteiger partial charge in [0.1, 0.15) is 0 Å². The number of amides is 1. The van der Waals surface area contributed by atoms with E-state index in [1.807, 2.05) is 29.2 Å². The van der Waals surface area contributed by atoms with Gasteiger partial charge in [0.05, 0.1) is 5.69 Å². The molecule has 3 rings (SSSR count). The van der Waals surface area contributed by atoms with Crippen LogP contribution in [0.15, 0.2) is 36.5 Å². The standard InChI is InChI=1S/C15H19N5O/c1-18-8-10-19(11-9-18)15(21)14-6-7-20(17-14)13-4-2-12(16)3-5-13/h2-7H,8-11,16H2,1H3. The Morgan fingerprint density at radius 2 is 1.76 bits per heavy atom. The summed E-state index contributed by atoms with van der Waals surface area (Å²) < 4.78 is 1.70. The summed E-state index contributed by atoms with van der Waals surface area (Å²) in [5, 5.41) is 4.38. The Labute approximate surface area is 123 Å². The molecule has 110 valence electrons. The highest BCUT2D eigenvalue weighted by molar-refractivity contribution is 5.92. The number of carbonyl (C=O) groups is 1. The molecule has 2 heterocycles. The topological polar surface area (TPSA) is 67.4 Å². The van der Waals surface area contributed by atoms with Crippen LogP contribution in [0.4, 0.5) is 5.69 Å². The molecule has 1 saturated heterocycles. The van der Waals surface area contributed by atoms with Crippen LogP contribution in [-0.4, -0.2) is 58.7 Å². The van der Waals surface area contributed by atoms with E-state index in [2.05, 4.69) is 17.0 Å². The molecule has 1 amide bonds. The number of hydrogen-bond acceptors (Lipinski definition) is 4. The van der Waals surface area contributed by atoms with Crippen molar-refractivity contribution in [3.05, 3.63) is 42.2 Å². The number of anilines is 1. The molecule has 1 aliphatic heterocycles. The third kappa shape index (κ3) is 2.90. The van der Waals surface area contributed by atoms with E-state index < -0.39 is 0 Å². The normalized spacial score (nSPS) is 16.1. The second-order valence-electron chi connectivity index (χ2n) is 5.33. The van der Waals surface area contributed by atoms with Gasteiger partial charge in [-0.15, -0.1) is 0 Å². The lowest BCUT2D eigenvalue weighted by Gasteiger charge is -2.31. The SMILES string of the molecule is CN1CCN(C(=O)c2ccn(-c3ccc(N)cc3)n2)CC1. The minimum Gasteiger partial charge on any atom is -0.399 e. The quantitative estimate of drug-likeness (QED) is 0.830. The zero-order valence-corrected chi connectivity index (χ0v) is 12.1. The Bertz CT molecular complexity index is 626. The lowest BCUT2D eigenvalue weighted by atomic mass is 10.3. The summed E-state index contributed by atoms with van der Waals surface area (Å²) in [6.45, 7) is 3.32. The predicted octanol–water partition coefficient (Wildman–Crippen LogP) is 0.842. The summed E-state index contributed by atoms with van der Waals surface area (Å²) in [5.74, 6) is -0.00250. The van der Waals surface area contributed by atoms with Crippen molar-refractivity contribution in [3.8, 4) is 5.69 Å². The molecule has 0 aliphatic carbocycles. The average Bonchev–Trinajstić information content (AvgIpc) is 2.98. The Morgan fingerprint density at radius 3 is 2.43 bits per heavy atom. The van der Waals surface area contributed by atoms with Gasteiger partial charge in [-0.2, -0.15) is 5.10 Å². The fraction of sp³-hybridized carbons (Fsp3) is 0.333. The number of benzene rings is 1. The molecule has 0 bridgehead atoms. The van der Waals surface area contributed by atoms with Crippen molar-refractivity contribution < 1.29 is 4.79 Å². The molecule has 0 saturated carbocycles. The zero-order valence-electron chi connectivity index (χ0n) is 12.1. The van der Waals surface area contributed by atoms with Crippen LogP contribution < -0.4 is 5.73 Å². The van der Waals surface area contributed by atoms with Crippen molar-refractivity contribution in [1.82, 2.24) is 19.6 Å². The maximum atomic E-state index is 12.4. The number of rotatable bonds is 2. The fourth-order valence-electron chi connectivity index (χ4n) is 2.38. The van der Waals surface area contributed by atoms with Crippen molar-refractivity contribution in [2.24, 2.45) is 0 Å². The number of nitrogens with two attached hydrogens (primary N) is 1. The highest BCUT2D eigenvalue weighted by atomic mass is 16.2. The van der Waals surface area contributed by atoms with Gasteiger partial charge >= 0.3 is 0 Å². The molecule has 1 aliphatic rings. The maximum Gasteiger partial charge on any atom is 0.274 e. The molecule has 6 heteroatoms. The molecule has 1 aromatic carbocycles. The molecule has 2 aromatic rings. The zero-order chi connectivity index (χ0) is 14.8. The van der Waals surface area contributed by atoms with Crippen molar-refractivity contribution in [1.29, 1.82) is 0 Å². The molecule has 1 aromatic heterocycles. The predicted molar refractivity (Wildman–Crippen MR) is 81.4 cm³/mol. The Balaban J connectivity index is 1.75. The number of aromatic nitrogens is 2. The van der Waals surface area contributed by atoms with Crippen LogP contribution >= 0.6 is 0 Å². The van der Waals surface area contributed by atoms with Crippen LogP contribution in [0.5, 0.6) is 0 Å². The van der Waals surface area contributed by atoms with Crippen molar-refractivity contribution >= 4 is 11.6 Å². The van der Waals surface area contributed by atoms with Gasteiger partial charge < -0.3 is 15.5 Å². The summed E-state index contributed by atoms with van der Waals surface area (Å²) in [6, 6.07) is 9.16. The largest absolute Gasteiger partial charge is 0.399 e. The maximum absolute atomic E-state index is 12.4. The van der Waals surface area contributed by atoms with Gasteiger partial charge in [-0.05, 0) is 37.4 Å². The third-order valence-electron chi connectivity index (χ3n) is 3.76. The van der Waals surface area contributed by atoms with E-state index in [1.165, 1.54) is 0 Å². The minimum atomic E-state index is -0.00250. The van der Waals surface area contributed by atoms with Crippen molar-refractivity contribution in [2.75, 3.05) is 39.0 Å². The van der Waals surface area contributed by atoms with Crippen molar-refractivity contribution in [2.45, 2.75) is 0 Å². The number of carbonyl (C=O) groups excluding carboxylic acids is 1. The fourth-order valence-corrected chi connectivity index (χ4v) is 2.38. The first kappa shape index (κ1) is 13.6. The van der Waals surface area contributed by atoms with Crippen LogP contribution in [-0.2, 0) is 0 Å². The summed E-state index contributed by atoms with van der Waals surface area (Å²) in [7, 11) is 2.07. The minimum absolute atomic E-state index is 0.00250. The monoisotopic (exact) mass is 285 g/mol. The van der Waals surface area contributed by atoms with Gasteiger partial charge in [0.2, 0.25) is 0 Å². The van der Waals surface area contributed by atoms with E-state index in [-0.39, 0.29) is 5.91 Å². The van der Waals surface area contributed by atoms with Gasteiger partial charge in [0.25, 0.3) is 5.91 Å². The first-order chi connectivity index (χ1) is 10.1. The van der Waals surface area contributed by atoms with Crippen molar-refractivity contribution in [3.63, 3.8) is 0 Å². The second-order valence-corrected chi connectivity index (χ2v) is 5.33. The van der Waals surface area contributed by atoms with Crippen LogP contribution in [0.3, 0.4) is 0 Å². The molecule has 0 atom stereocenters. The van der Waals surface area contributed by atoms with Gasteiger partial charge in [-0.1, -0.05) is 0 Å². The van der Waals surface area contributed by atoms with Crippen LogP contribution in [0.1, 0.15) is 10.5 Å². The average molecular weight is 285 g/mol. The smallest absolute Gasteiger partial charge is 0.274 e. The van der Waals surface area contributed by atoms with E-state index >= 15 is 0 Å². The number of likely N-dealkylation sites (N-methyl/N-ethyl adjacent to an activating group) is 1. The molecule has 0 radical (unpaired) electrons. The van der Waals surface area contributed by atoms with Crippen LogP contribution in [0.25, 0.3) is 5.69 Å². The lowest BCUT2D eigenvalue weighted by molar-refractivity contribution is 0.0658. The van der Waals surface area contributed by atoms with Gasteiger partial charge in [0, 0.05) is 38.1 Å². The summed E-state index contributed by atoms with van der Waals surface area (Å²) in [5.41, 5.74) is 7.75. The molecule has 21 heavy (non-hydrogen) atoms. The molecule has 0 unspecified atom stereocenters. The van der Waals surface area contributed by atoms with Crippen LogP contribution in [0.2, 0.25) is 0 Å². The Hall–Kier alpha value is -2.34.